The maximum absolute atomic E-state index is 10.2. The molecular formula is C15H16O8. The number of rotatable bonds is 1. The molecule has 3 rings (SSSR count). The predicted molar refractivity (Wildman–Crippen MR) is 77.5 cm³/mol. The van der Waals surface area contributed by atoms with Gasteiger partial charge in [0.1, 0.15) is 29.5 Å². The molecule has 2 aromatic carbocycles. The number of aromatic hydroxyl groups is 4. The van der Waals surface area contributed by atoms with Gasteiger partial charge < -0.3 is 40.9 Å². The summed E-state index contributed by atoms with van der Waals surface area (Å²) in [6.45, 7) is 0. The van der Waals surface area contributed by atoms with Crippen LogP contribution in [0.2, 0.25) is 0 Å². The fraction of sp³-hybridized carbons (Fsp3) is 0.200. The van der Waals surface area contributed by atoms with Crippen molar-refractivity contribution in [2.24, 2.45) is 0 Å². The van der Waals surface area contributed by atoms with Crippen molar-refractivity contribution in [3.8, 4) is 28.7 Å². The SMILES string of the molecule is O.Oc1cc(O)c2c(c1)OC(c1ccc(O)c(O)c1)C(O)C2O. The number of benzene rings is 2. The molecule has 0 saturated carbocycles. The van der Waals surface area contributed by atoms with Crippen molar-refractivity contribution in [2.45, 2.75) is 18.3 Å². The van der Waals surface area contributed by atoms with Crippen molar-refractivity contribution < 1.29 is 40.9 Å². The molecule has 8 N–H and O–H groups in total. The lowest BCUT2D eigenvalue weighted by Gasteiger charge is -2.34. The van der Waals surface area contributed by atoms with E-state index in [-0.39, 0.29) is 28.3 Å². The molecule has 124 valence electrons. The minimum absolute atomic E-state index is 0. The molecule has 3 atom stereocenters. The number of hydrogen-bond acceptors (Lipinski definition) is 7. The maximum Gasteiger partial charge on any atom is 0.157 e. The molecule has 23 heavy (non-hydrogen) atoms. The molecule has 0 spiro atoms. The minimum atomic E-state index is -1.44. The average Bonchev–Trinajstić information content (AvgIpc) is 2.45. The Morgan fingerprint density at radius 1 is 0.826 bits per heavy atom. The van der Waals surface area contributed by atoms with E-state index in [1.165, 1.54) is 24.3 Å². The van der Waals surface area contributed by atoms with E-state index in [0.717, 1.165) is 6.07 Å². The topological polar surface area (TPSA) is 162 Å². The van der Waals surface area contributed by atoms with E-state index in [9.17, 15) is 30.6 Å². The van der Waals surface area contributed by atoms with Gasteiger partial charge in [-0.3, -0.25) is 0 Å². The number of hydrogen-bond donors (Lipinski definition) is 6. The molecule has 0 fully saturated rings. The molecule has 0 aliphatic carbocycles. The van der Waals surface area contributed by atoms with Crippen molar-refractivity contribution in [1.82, 2.24) is 0 Å². The lowest BCUT2D eigenvalue weighted by atomic mass is 9.91. The van der Waals surface area contributed by atoms with Crippen LogP contribution in [0.25, 0.3) is 0 Å². The molecule has 0 amide bonds. The van der Waals surface area contributed by atoms with Crippen LogP contribution in [0, 0.1) is 0 Å². The summed E-state index contributed by atoms with van der Waals surface area (Å²) in [5, 5.41) is 58.5. The molecule has 1 heterocycles. The standard InChI is InChI=1S/C15H14O7.H2O/c16-7-4-10(19)12-11(5-7)22-15(14(21)13(12)20)6-1-2-8(17)9(18)3-6;/h1-5,13-21H;1H2. The first-order valence-corrected chi connectivity index (χ1v) is 6.49. The van der Waals surface area contributed by atoms with Gasteiger partial charge in [-0.25, -0.2) is 0 Å². The van der Waals surface area contributed by atoms with Gasteiger partial charge in [0.15, 0.2) is 17.6 Å². The van der Waals surface area contributed by atoms with Crippen molar-refractivity contribution in [3.05, 3.63) is 41.5 Å². The van der Waals surface area contributed by atoms with Gasteiger partial charge in [0.2, 0.25) is 0 Å². The first-order valence-electron chi connectivity index (χ1n) is 6.49. The van der Waals surface area contributed by atoms with Crippen molar-refractivity contribution in [2.75, 3.05) is 0 Å². The van der Waals surface area contributed by atoms with Crippen LogP contribution >= 0.6 is 0 Å². The number of ether oxygens (including phenoxy) is 1. The number of aliphatic hydroxyl groups is 2. The van der Waals surface area contributed by atoms with Crippen molar-refractivity contribution in [3.63, 3.8) is 0 Å². The van der Waals surface area contributed by atoms with Crippen LogP contribution in [-0.4, -0.2) is 42.2 Å². The largest absolute Gasteiger partial charge is 0.508 e. The molecule has 3 unspecified atom stereocenters. The Balaban J connectivity index is 0.00000192. The molecule has 8 nitrogen and oxygen atoms in total. The van der Waals surface area contributed by atoms with Crippen LogP contribution < -0.4 is 4.74 Å². The Bertz CT molecular complexity index is 730. The Labute approximate surface area is 130 Å². The summed E-state index contributed by atoms with van der Waals surface area (Å²) in [4.78, 5) is 0. The first-order chi connectivity index (χ1) is 10.4. The Kier molecular flexibility index (Phi) is 4.24. The third-order valence-corrected chi connectivity index (χ3v) is 3.62. The Morgan fingerprint density at radius 3 is 2.17 bits per heavy atom. The second kappa shape index (κ2) is 5.84. The van der Waals surface area contributed by atoms with Gasteiger partial charge >= 0.3 is 0 Å². The highest BCUT2D eigenvalue weighted by Gasteiger charge is 2.39. The number of phenolic OH excluding ortho intramolecular Hbond substituents is 4. The van der Waals surface area contributed by atoms with Gasteiger partial charge in [-0.05, 0) is 17.7 Å². The summed E-state index contributed by atoms with van der Waals surface area (Å²) in [6, 6.07) is 6.08. The quantitative estimate of drug-likeness (QED) is 0.408. The van der Waals surface area contributed by atoms with Crippen LogP contribution in [-0.2, 0) is 0 Å². The number of phenols is 4. The lowest BCUT2D eigenvalue weighted by Crippen LogP contribution is -2.34. The molecule has 0 saturated heterocycles. The summed E-state index contributed by atoms with van der Waals surface area (Å²) in [6.07, 6.45) is -3.90. The third kappa shape index (κ3) is 2.70. The van der Waals surface area contributed by atoms with Crippen LogP contribution in [0.5, 0.6) is 28.7 Å². The van der Waals surface area contributed by atoms with E-state index in [4.69, 9.17) is 4.74 Å². The van der Waals surface area contributed by atoms with E-state index in [0.29, 0.717) is 5.56 Å². The fourth-order valence-corrected chi connectivity index (χ4v) is 2.52. The normalized spacial score (nSPS) is 22.6. The van der Waals surface area contributed by atoms with Gasteiger partial charge in [0, 0.05) is 12.1 Å². The fourth-order valence-electron chi connectivity index (χ4n) is 2.52. The summed E-state index contributed by atoms with van der Waals surface area (Å²) < 4.78 is 5.53. The summed E-state index contributed by atoms with van der Waals surface area (Å²) >= 11 is 0. The molecule has 0 bridgehead atoms. The maximum atomic E-state index is 10.2. The third-order valence-electron chi connectivity index (χ3n) is 3.62. The molecule has 8 heteroatoms. The number of aliphatic hydroxyl groups excluding tert-OH is 2. The Hall–Kier alpha value is -2.68. The van der Waals surface area contributed by atoms with Crippen molar-refractivity contribution in [1.29, 1.82) is 0 Å². The van der Waals surface area contributed by atoms with E-state index in [2.05, 4.69) is 0 Å². The highest BCUT2D eigenvalue weighted by molar-refractivity contribution is 5.53. The highest BCUT2D eigenvalue weighted by atomic mass is 16.5. The molecule has 1 aliphatic heterocycles. The van der Waals surface area contributed by atoms with Crippen molar-refractivity contribution >= 4 is 0 Å². The molecule has 2 aromatic rings. The number of fused-ring (bicyclic) bond motifs is 1. The smallest absolute Gasteiger partial charge is 0.157 e. The zero-order valence-electron chi connectivity index (χ0n) is 11.7. The summed E-state index contributed by atoms with van der Waals surface area (Å²) in [5.41, 5.74) is 0.292. The lowest BCUT2D eigenvalue weighted by molar-refractivity contribution is -0.0711. The first kappa shape index (κ1) is 16.7. The molecular weight excluding hydrogens is 308 g/mol. The molecule has 0 radical (unpaired) electrons. The van der Waals surface area contributed by atoms with Gasteiger partial charge in [0.05, 0.1) is 5.56 Å². The van der Waals surface area contributed by atoms with Gasteiger partial charge in [-0.15, -0.1) is 0 Å². The van der Waals surface area contributed by atoms with E-state index < -0.39 is 29.8 Å². The van der Waals surface area contributed by atoms with Crippen LogP contribution in [0.1, 0.15) is 23.3 Å². The van der Waals surface area contributed by atoms with Crippen LogP contribution in [0.15, 0.2) is 30.3 Å². The van der Waals surface area contributed by atoms with Crippen LogP contribution in [0.4, 0.5) is 0 Å². The van der Waals surface area contributed by atoms with Gasteiger partial charge in [0.25, 0.3) is 0 Å². The second-order valence-corrected chi connectivity index (χ2v) is 5.10. The molecule has 0 aromatic heterocycles. The predicted octanol–water partition coefficient (Wildman–Crippen LogP) is 0.212. The molecule has 1 aliphatic rings. The van der Waals surface area contributed by atoms with Crippen LogP contribution in [0.3, 0.4) is 0 Å². The second-order valence-electron chi connectivity index (χ2n) is 5.10. The Morgan fingerprint density at radius 2 is 1.52 bits per heavy atom. The zero-order chi connectivity index (χ0) is 16.0. The van der Waals surface area contributed by atoms with E-state index in [1.807, 2.05) is 0 Å². The van der Waals surface area contributed by atoms with E-state index >= 15 is 0 Å². The summed E-state index contributed by atoms with van der Waals surface area (Å²) in [5.74, 6) is -1.36. The van der Waals surface area contributed by atoms with E-state index in [1.54, 1.807) is 0 Å². The zero-order valence-corrected chi connectivity index (χ0v) is 11.7. The highest BCUT2D eigenvalue weighted by Crippen LogP contribution is 2.47. The average molecular weight is 324 g/mol. The summed E-state index contributed by atoms with van der Waals surface area (Å²) in [7, 11) is 0. The monoisotopic (exact) mass is 324 g/mol. The minimum Gasteiger partial charge on any atom is -0.508 e. The van der Waals surface area contributed by atoms with Gasteiger partial charge in [-0.2, -0.15) is 0 Å². The van der Waals surface area contributed by atoms with Gasteiger partial charge in [-0.1, -0.05) is 6.07 Å².